The lowest BCUT2D eigenvalue weighted by Crippen LogP contribution is -2.44. The lowest BCUT2D eigenvalue weighted by Gasteiger charge is -2.25. The fourth-order valence-corrected chi connectivity index (χ4v) is 5.31. The Morgan fingerprint density at radius 1 is 1.08 bits per heavy atom. The predicted molar refractivity (Wildman–Crippen MR) is 146 cm³/mol. The Morgan fingerprint density at radius 2 is 1.81 bits per heavy atom. The molecule has 0 radical (unpaired) electrons. The Kier molecular flexibility index (Phi) is 8.55. The number of halogens is 2. The highest BCUT2D eigenvalue weighted by Crippen LogP contribution is 2.36. The summed E-state index contributed by atoms with van der Waals surface area (Å²) in [5, 5.41) is 8.82. The number of fused-ring (bicyclic) bond motifs is 1. The second-order valence-electron chi connectivity index (χ2n) is 8.32. The number of anilines is 1. The first-order valence-corrected chi connectivity index (χ1v) is 13.0. The van der Waals surface area contributed by atoms with Crippen LogP contribution in [0.2, 0.25) is 0 Å². The number of hydrogen-bond donors (Lipinski definition) is 2. The molecule has 2 heterocycles. The zero-order valence-electron chi connectivity index (χ0n) is 19.5. The molecule has 4 aromatic rings. The number of nitrogens with zero attached hydrogens (tertiary/aromatic N) is 3. The van der Waals surface area contributed by atoms with Gasteiger partial charge in [0.05, 0.1) is 18.3 Å². The maximum atomic E-state index is 13.2. The van der Waals surface area contributed by atoms with Crippen molar-refractivity contribution in [1.29, 1.82) is 0 Å². The Hall–Kier alpha value is -3.31. The Labute approximate surface area is 227 Å². The molecule has 3 N–H and O–H groups in total. The van der Waals surface area contributed by atoms with Crippen LogP contribution in [-0.2, 0) is 17.9 Å². The van der Waals surface area contributed by atoms with Crippen molar-refractivity contribution in [1.82, 2.24) is 14.9 Å². The van der Waals surface area contributed by atoms with Crippen LogP contribution in [0.15, 0.2) is 77.0 Å². The van der Waals surface area contributed by atoms with Gasteiger partial charge < -0.3 is 16.0 Å². The standard InChI is InChI=1S/C26H22FN5O2S2.ClH/c27-20-8-3-16(4-9-20)12-29-25(33)19-7-10-24-23(11-19)32(26(34)21(28)14-35-24)13-17-1-5-18(6-2-17)22-15-36-31-30-22;/h1-11,15,21H,12-14,28H2,(H,29,33);1H/t21-;/m0./s1. The van der Waals surface area contributed by atoms with E-state index in [0.29, 0.717) is 23.5 Å². The first-order valence-electron chi connectivity index (χ1n) is 11.2. The van der Waals surface area contributed by atoms with E-state index in [0.717, 1.165) is 27.3 Å². The van der Waals surface area contributed by atoms with Gasteiger partial charge in [-0.15, -0.1) is 29.3 Å². The number of carbonyl (C=O) groups is 2. The molecular weight excluding hydrogens is 533 g/mol. The number of benzene rings is 3. The third kappa shape index (κ3) is 6.16. The summed E-state index contributed by atoms with van der Waals surface area (Å²) in [4.78, 5) is 28.6. The zero-order valence-corrected chi connectivity index (χ0v) is 21.9. The number of rotatable bonds is 6. The molecule has 1 atom stereocenters. The number of nitrogens with two attached hydrogens (primary N) is 1. The minimum atomic E-state index is -0.654. The van der Waals surface area contributed by atoms with Crippen LogP contribution < -0.4 is 16.0 Å². The first-order chi connectivity index (χ1) is 17.5. The number of carbonyl (C=O) groups excluding carboxylic acids is 2. The van der Waals surface area contributed by atoms with E-state index in [4.69, 9.17) is 5.73 Å². The van der Waals surface area contributed by atoms with Gasteiger partial charge in [-0.3, -0.25) is 9.59 Å². The van der Waals surface area contributed by atoms with E-state index in [2.05, 4.69) is 14.9 Å². The molecular formula is C26H23ClFN5O2S2. The van der Waals surface area contributed by atoms with Gasteiger partial charge in [-0.05, 0) is 53.0 Å². The van der Waals surface area contributed by atoms with Crippen molar-refractivity contribution in [3.63, 3.8) is 0 Å². The molecule has 2 amide bonds. The molecule has 37 heavy (non-hydrogen) atoms. The molecule has 1 aromatic heterocycles. The average molecular weight is 556 g/mol. The molecule has 0 saturated carbocycles. The SMILES string of the molecule is Cl.N[C@H]1CSc2ccc(C(=O)NCc3ccc(F)cc3)cc2N(Cc2ccc(-c3csnn3)cc2)C1=O. The van der Waals surface area contributed by atoms with Crippen molar-refractivity contribution in [2.45, 2.75) is 24.0 Å². The van der Waals surface area contributed by atoms with Crippen LogP contribution in [0.1, 0.15) is 21.5 Å². The van der Waals surface area contributed by atoms with Gasteiger partial charge in [0, 0.05) is 33.7 Å². The molecule has 5 rings (SSSR count). The molecule has 7 nitrogen and oxygen atoms in total. The number of nitrogens with one attached hydrogen (secondary N) is 1. The first kappa shape index (κ1) is 26.7. The Morgan fingerprint density at radius 3 is 2.51 bits per heavy atom. The van der Waals surface area contributed by atoms with Gasteiger partial charge >= 0.3 is 0 Å². The molecule has 190 valence electrons. The van der Waals surface area contributed by atoms with Gasteiger partial charge in [-0.2, -0.15) is 0 Å². The summed E-state index contributed by atoms with van der Waals surface area (Å²) in [6.45, 7) is 0.579. The van der Waals surface area contributed by atoms with Crippen LogP contribution >= 0.6 is 35.7 Å². The lowest BCUT2D eigenvalue weighted by molar-refractivity contribution is -0.119. The zero-order chi connectivity index (χ0) is 25.1. The van der Waals surface area contributed by atoms with Gasteiger partial charge in [0.15, 0.2) is 0 Å². The van der Waals surface area contributed by atoms with Crippen molar-refractivity contribution in [2.24, 2.45) is 5.73 Å². The third-order valence-corrected chi connectivity index (χ3v) is 7.52. The second-order valence-corrected chi connectivity index (χ2v) is 9.99. The van der Waals surface area contributed by atoms with Gasteiger partial charge in [0.2, 0.25) is 5.91 Å². The van der Waals surface area contributed by atoms with Crippen molar-refractivity contribution in [3.8, 4) is 11.3 Å². The van der Waals surface area contributed by atoms with Gasteiger partial charge in [-0.25, -0.2) is 4.39 Å². The van der Waals surface area contributed by atoms with E-state index in [1.807, 2.05) is 35.7 Å². The minimum Gasteiger partial charge on any atom is -0.348 e. The Bertz CT molecular complexity index is 1390. The second kappa shape index (κ2) is 11.8. The number of aromatic nitrogens is 2. The molecule has 1 aliphatic rings. The van der Waals surface area contributed by atoms with E-state index >= 15 is 0 Å². The third-order valence-electron chi connectivity index (χ3n) is 5.83. The summed E-state index contributed by atoms with van der Waals surface area (Å²) in [5.41, 5.74) is 10.7. The molecule has 0 bridgehead atoms. The number of thioether (sulfide) groups is 1. The Balaban J connectivity index is 0.00000320. The fourth-order valence-electron chi connectivity index (χ4n) is 3.86. The van der Waals surface area contributed by atoms with E-state index in [-0.39, 0.29) is 36.6 Å². The summed E-state index contributed by atoms with van der Waals surface area (Å²) in [6.07, 6.45) is 0. The van der Waals surface area contributed by atoms with E-state index in [1.165, 1.54) is 35.4 Å². The van der Waals surface area contributed by atoms with Crippen LogP contribution in [0.3, 0.4) is 0 Å². The van der Waals surface area contributed by atoms with Crippen LogP contribution in [0.25, 0.3) is 11.3 Å². The van der Waals surface area contributed by atoms with E-state index < -0.39 is 6.04 Å². The highest BCUT2D eigenvalue weighted by Gasteiger charge is 2.29. The maximum absolute atomic E-state index is 13.2. The summed E-state index contributed by atoms with van der Waals surface area (Å²) >= 11 is 2.79. The highest BCUT2D eigenvalue weighted by atomic mass is 35.5. The highest BCUT2D eigenvalue weighted by molar-refractivity contribution is 7.99. The molecule has 3 aromatic carbocycles. The quantitative estimate of drug-likeness (QED) is 0.359. The lowest BCUT2D eigenvalue weighted by atomic mass is 10.1. The maximum Gasteiger partial charge on any atom is 0.251 e. The number of hydrogen-bond acceptors (Lipinski definition) is 7. The van der Waals surface area contributed by atoms with Crippen LogP contribution in [0.4, 0.5) is 10.1 Å². The molecule has 0 spiro atoms. The molecule has 0 aliphatic carbocycles. The summed E-state index contributed by atoms with van der Waals surface area (Å²) in [5.74, 6) is -0.355. The average Bonchev–Trinajstić information content (AvgIpc) is 3.41. The fraction of sp³-hybridized carbons (Fsp3) is 0.154. The molecule has 1 aliphatic heterocycles. The van der Waals surface area contributed by atoms with Crippen LogP contribution in [0.5, 0.6) is 0 Å². The van der Waals surface area contributed by atoms with Crippen molar-refractivity contribution in [3.05, 3.63) is 94.6 Å². The summed E-state index contributed by atoms with van der Waals surface area (Å²) in [6, 6.07) is 18.4. The van der Waals surface area contributed by atoms with Crippen molar-refractivity contribution < 1.29 is 14.0 Å². The smallest absolute Gasteiger partial charge is 0.251 e. The van der Waals surface area contributed by atoms with E-state index in [9.17, 15) is 14.0 Å². The van der Waals surface area contributed by atoms with Crippen molar-refractivity contribution >= 4 is 53.2 Å². The van der Waals surface area contributed by atoms with Crippen molar-refractivity contribution in [2.75, 3.05) is 10.7 Å². The molecule has 0 unspecified atom stereocenters. The van der Waals surface area contributed by atoms with E-state index in [1.54, 1.807) is 29.2 Å². The monoisotopic (exact) mass is 555 g/mol. The van der Waals surface area contributed by atoms with Crippen LogP contribution in [-0.4, -0.2) is 33.2 Å². The van der Waals surface area contributed by atoms with Gasteiger partial charge in [0.1, 0.15) is 11.5 Å². The minimum absolute atomic E-state index is 0. The molecule has 0 saturated heterocycles. The topological polar surface area (TPSA) is 101 Å². The van der Waals surface area contributed by atoms with Gasteiger partial charge in [-0.1, -0.05) is 40.9 Å². The predicted octanol–water partition coefficient (Wildman–Crippen LogP) is 4.66. The van der Waals surface area contributed by atoms with Gasteiger partial charge in [0.25, 0.3) is 5.91 Å². The number of amides is 2. The normalized spacial score (nSPS) is 14.9. The summed E-state index contributed by atoms with van der Waals surface area (Å²) in [7, 11) is 0. The van der Waals surface area contributed by atoms with Crippen LogP contribution in [0, 0.1) is 5.82 Å². The molecule has 11 heteroatoms. The largest absolute Gasteiger partial charge is 0.348 e. The summed E-state index contributed by atoms with van der Waals surface area (Å²) < 4.78 is 17.0. The molecule has 0 fully saturated rings.